The molecule has 1 atom stereocenters. The number of benzene rings is 3. The standard InChI is InChI=1S/C24H24N2O3/c27-23(15-19-7-3-6-17-5-1-2-9-22(17)19)26-20-12-10-18(11-13-20)24(28)25-16-21-8-4-14-29-21/h1-3,5-7,9-13,21H,4,8,14-16H2,(H,25,28)(H,26,27)/t21-/m1/s1. The Balaban J connectivity index is 1.34. The quantitative estimate of drug-likeness (QED) is 0.672. The molecule has 1 aliphatic heterocycles. The minimum Gasteiger partial charge on any atom is -0.376 e. The number of hydrogen-bond donors (Lipinski definition) is 2. The molecule has 2 N–H and O–H groups in total. The lowest BCUT2D eigenvalue weighted by molar-refractivity contribution is -0.115. The topological polar surface area (TPSA) is 67.4 Å². The highest BCUT2D eigenvalue weighted by molar-refractivity contribution is 5.97. The highest BCUT2D eigenvalue weighted by atomic mass is 16.5. The van der Waals surface area contributed by atoms with E-state index < -0.39 is 0 Å². The van der Waals surface area contributed by atoms with Gasteiger partial charge in [0.1, 0.15) is 0 Å². The number of amides is 2. The molecule has 148 valence electrons. The molecule has 0 saturated carbocycles. The zero-order valence-electron chi connectivity index (χ0n) is 16.2. The van der Waals surface area contributed by atoms with Gasteiger partial charge in [-0.2, -0.15) is 0 Å². The molecular formula is C24H24N2O3. The van der Waals surface area contributed by atoms with Gasteiger partial charge in [-0.05, 0) is 53.4 Å². The Hall–Kier alpha value is -3.18. The molecule has 29 heavy (non-hydrogen) atoms. The Kier molecular flexibility index (Phi) is 5.86. The first-order chi connectivity index (χ1) is 14.2. The summed E-state index contributed by atoms with van der Waals surface area (Å²) in [6, 6.07) is 21.0. The van der Waals surface area contributed by atoms with Gasteiger partial charge in [0.2, 0.25) is 5.91 Å². The van der Waals surface area contributed by atoms with Crippen LogP contribution < -0.4 is 10.6 Å². The highest BCUT2D eigenvalue weighted by Gasteiger charge is 2.16. The van der Waals surface area contributed by atoms with Crippen LogP contribution in [0.2, 0.25) is 0 Å². The second-order valence-electron chi connectivity index (χ2n) is 7.29. The van der Waals surface area contributed by atoms with Gasteiger partial charge in [0.15, 0.2) is 0 Å². The number of fused-ring (bicyclic) bond motifs is 1. The Morgan fingerprint density at radius 2 is 1.76 bits per heavy atom. The summed E-state index contributed by atoms with van der Waals surface area (Å²) in [6.45, 7) is 1.30. The van der Waals surface area contributed by atoms with E-state index in [1.54, 1.807) is 24.3 Å². The minimum atomic E-state index is -0.130. The molecule has 0 aromatic heterocycles. The SMILES string of the molecule is O=C(Cc1cccc2ccccc12)Nc1ccc(C(=O)NC[C@H]2CCCO2)cc1. The van der Waals surface area contributed by atoms with E-state index in [2.05, 4.69) is 10.6 Å². The van der Waals surface area contributed by atoms with E-state index in [9.17, 15) is 9.59 Å². The van der Waals surface area contributed by atoms with Crippen LogP contribution in [0.1, 0.15) is 28.8 Å². The number of rotatable bonds is 6. The summed E-state index contributed by atoms with van der Waals surface area (Å²) in [4.78, 5) is 24.7. The lowest BCUT2D eigenvalue weighted by atomic mass is 10.0. The zero-order chi connectivity index (χ0) is 20.1. The third-order valence-corrected chi connectivity index (χ3v) is 5.18. The van der Waals surface area contributed by atoms with Gasteiger partial charge in [0.05, 0.1) is 12.5 Å². The van der Waals surface area contributed by atoms with Crippen LogP contribution in [0.5, 0.6) is 0 Å². The average Bonchev–Trinajstić information content (AvgIpc) is 3.26. The van der Waals surface area contributed by atoms with Crippen molar-refractivity contribution in [3.05, 3.63) is 77.9 Å². The maximum Gasteiger partial charge on any atom is 0.251 e. The molecule has 5 heteroatoms. The third kappa shape index (κ3) is 4.81. The molecular weight excluding hydrogens is 364 g/mol. The first-order valence-electron chi connectivity index (χ1n) is 9.95. The number of anilines is 1. The van der Waals surface area contributed by atoms with Crippen molar-refractivity contribution >= 4 is 28.3 Å². The van der Waals surface area contributed by atoms with Gasteiger partial charge in [-0.1, -0.05) is 42.5 Å². The number of ether oxygens (including phenoxy) is 1. The van der Waals surface area contributed by atoms with Crippen LogP contribution in [0, 0.1) is 0 Å². The zero-order valence-corrected chi connectivity index (χ0v) is 16.2. The van der Waals surface area contributed by atoms with Gasteiger partial charge in [-0.3, -0.25) is 9.59 Å². The van der Waals surface area contributed by atoms with Crippen molar-refractivity contribution in [1.82, 2.24) is 5.32 Å². The van der Waals surface area contributed by atoms with Crippen LogP contribution in [-0.4, -0.2) is 31.1 Å². The van der Waals surface area contributed by atoms with Crippen LogP contribution in [0.4, 0.5) is 5.69 Å². The third-order valence-electron chi connectivity index (χ3n) is 5.18. The van der Waals surface area contributed by atoms with Crippen molar-refractivity contribution in [2.75, 3.05) is 18.5 Å². The molecule has 0 bridgehead atoms. The van der Waals surface area contributed by atoms with Crippen molar-refractivity contribution in [1.29, 1.82) is 0 Å². The Bertz CT molecular complexity index is 1000. The maximum absolute atomic E-state index is 12.5. The second kappa shape index (κ2) is 8.88. The van der Waals surface area contributed by atoms with Crippen LogP contribution >= 0.6 is 0 Å². The Labute approximate surface area is 170 Å². The van der Waals surface area contributed by atoms with E-state index in [0.717, 1.165) is 35.8 Å². The Morgan fingerprint density at radius 1 is 0.966 bits per heavy atom. The summed E-state index contributed by atoms with van der Waals surface area (Å²) in [6.07, 6.45) is 2.45. The maximum atomic E-state index is 12.5. The predicted octanol–water partition coefficient (Wildman–Crippen LogP) is 3.93. The van der Waals surface area contributed by atoms with Gasteiger partial charge in [0, 0.05) is 24.4 Å². The number of nitrogens with one attached hydrogen (secondary N) is 2. The molecule has 1 fully saturated rings. The molecule has 3 aromatic carbocycles. The first kappa shape index (κ1) is 19.2. The smallest absolute Gasteiger partial charge is 0.251 e. The van der Waals surface area contributed by atoms with Crippen molar-refractivity contribution in [3.8, 4) is 0 Å². The molecule has 0 unspecified atom stereocenters. The van der Waals surface area contributed by atoms with E-state index >= 15 is 0 Å². The normalized spacial score (nSPS) is 15.9. The van der Waals surface area contributed by atoms with Gasteiger partial charge < -0.3 is 15.4 Å². The fraction of sp³-hybridized carbons (Fsp3) is 0.250. The summed E-state index contributed by atoms with van der Waals surface area (Å²) < 4.78 is 5.52. The minimum absolute atomic E-state index is 0.0862. The molecule has 1 heterocycles. The van der Waals surface area contributed by atoms with Crippen molar-refractivity contribution in [3.63, 3.8) is 0 Å². The van der Waals surface area contributed by atoms with E-state index in [-0.39, 0.29) is 17.9 Å². The van der Waals surface area contributed by atoms with Crippen LogP contribution in [0.3, 0.4) is 0 Å². The van der Waals surface area contributed by atoms with E-state index in [0.29, 0.717) is 24.2 Å². The lowest BCUT2D eigenvalue weighted by Crippen LogP contribution is -2.31. The average molecular weight is 388 g/mol. The van der Waals surface area contributed by atoms with Gasteiger partial charge in [0.25, 0.3) is 5.91 Å². The molecule has 0 aliphatic carbocycles. The molecule has 4 rings (SSSR count). The summed E-state index contributed by atoms with van der Waals surface area (Å²) in [5, 5.41) is 8.01. The molecule has 3 aromatic rings. The van der Waals surface area contributed by atoms with Crippen molar-refractivity contribution < 1.29 is 14.3 Å². The van der Waals surface area contributed by atoms with E-state index in [4.69, 9.17) is 4.74 Å². The fourth-order valence-corrected chi connectivity index (χ4v) is 3.64. The van der Waals surface area contributed by atoms with E-state index in [1.165, 1.54) is 0 Å². The summed E-state index contributed by atoms with van der Waals surface area (Å²) in [5.41, 5.74) is 2.23. The van der Waals surface area contributed by atoms with Crippen LogP contribution in [0.15, 0.2) is 66.7 Å². The lowest BCUT2D eigenvalue weighted by Gasteiger charge is -2.11. The van der Waals surface area contributed by atoms with Crippen LogP contribution in [0.25, 0.3) is 10.8 Å². The second-order valence-corrected chi connectivity index (χ2v) is 7.29. The molecule has 1 saturated heterocycles. The van der Waals surface area contributed by atoms with Gasteiger partial charge >= 0.3 is 0 Å². The van der Waals surface area contributed by atoms with E-state index in [1.807, 2.05) is 42.5 Å². The molecule has 0 spiro atoms. The largest absolute Gasteiger partial charge is 0.376 e. The van der Waals surface area contributed by atoms with Gasteiger partial charge in [-0.15, -0.1) is 0 Å². The fourth-order valence-electron chi connectivity index (χ4n) is 3.64. The first-order valence-corrected chi connectivity index (χ1v) is 9.95. The molecule has 1 aliphatic rings. The number of carbonyl (C=O) groups is 2. The number of carbonyl (C=O) groups excluding carboxylic acids is 2. The summed E-state index contributed by atoms with van der Waals surface area (Å²) in [5.74, 6) is -0.217. The van der Waals surface area contributed by atoms with Crippen molar-refractivity contribution in [2.24, 2.45) is 0 Å². The summed E-state index contributed by atoms with van der Waals surface area (Å²) in [7, 11) is 0. The molecule has 5 nitrogen and oxygen atoms in total. The monoisotopic (exact) mass is 388 g/mol. The number of hydrogen-bond acceptors (Lipinski definition) is 3. The highest BCUT2D eigenvalue weighted by Crippen LogP contribution is 2.19. The van der Waals surface area contributed by atoms with Crippen LogP contribution in [-0.2, 0) is 16.0 Å². The summed E-state index contributed by atoms with van der Waals surface area (Å²) >= 11 is 0. The predicted molar refractivity (Wildman–Crippen MR) is 114 cm³/mol. The molecule has 0 radical (unpaired) electrons. The molecule has 2 amide bonds. The Morgan fingerprint density at radius 3 is 2.55 bits per heavy atom. The van der Waals surface area contributed by atoms with Crippen molar-refractivity contribution in [2.45, 2.75) is 25.4 Å². The van der Waals surface area contributed by atoms with Gasteiger partial charge in [-0.25, -0.2) is 0 Å².